The molecule has 0 spiro atoms. The molecule has 0 radical (unpaired) electrons. The number of benzene rings is 2. The molecule has 0 saturated carbocycles. The van der Waals surface area contributed by atoms with Crippen LogP contribution in [0.15, 0.2) is 36.4 Å². The van der Waals surface area contributed by atoms with Crippen molar-refractivity contribution in [3.8, 4) is 17.2 Å². The molecule has 132 valence electrons. The van der Waals surface area contributed by atoms with Gasteiger partial charge >= 0.3 is 5.97 Å². The zero-order valence-electron chi connectivity index (χ0n) is 13.8. The van der Waals surface area contributed by atoms with Crippen molar-refractivity contribution in [1.82, 2.24) is 0 Å². The number of hydrogen-bond acceptors (Lipinski definition) is 6. The number of esters is 1. The Kier molecular flexibility index (Phi) is 5.82. The molecule has 0 aliphatic rings. The summed E-state index contributed by atoms with van der Waals surface area (Å²) in [5.74, 6) is -0.0770. The molecule has 0 bridgehead atoms. The van der Waals surface area contributed by atoms with Crippen molar-refractivity contribution >= 4 is 23.3 Å². The van der Waals surface area contributed by atoms with Crippen molar-refractivity contribution in [2.24, 2.45) is 0 Å². The average molecular weight is 366 g/mol. The summed E-state index contributed by atoms with van der Waals surface area (Å²) in [7, 11) is 1.37. The van der Waals surface area contributed by atoms with Crippen LogP contribution in [0.5, 0.6) is 17.2 Å². The molecule has 0 fully saturated rings. The molecule has 0 amide bonds. The molecule has 0 N–H and O–H groups in total. The first kappa shape index (κ1) is 18.5. The lowest BCUT2D eigenvalue weighted by atomic mass is 10.2. The molecule has 8 heteroatoms. The summed E-state index contributed by atoms with van der Waals surface area (Å²) in [6.07, 6.45) is -0.941. The fourth-order valence-electron chi connectivity index (χ4n) is 2.03. The lowest BCUT2D eigenvalue weighted by molar-refractivity contribution is -0.384. The topological polar surface area (TPSA) is 87.9 Å². The minimum absolute atomic E-state index is 0.0509. The van der Waals surface area contributed by atoms with E-state index in [1.54, 1.807) is 25.1 Å². The number of aryl methyl sites for hydroxylation is 1. The number of methoxy groups -OCH3 is 1. The van der Waals surface area contributed by atoms with E-state index in [1.807, 2.05) is 0 Å². The maximum Gasteiger partial charge on any atom is 0.352 e. The Labute approximate surface area is 149 Å². The van der Waals surface area contributed by atoms with Gasteiger partial charge in [-0.1, -0.05) is 11.6 Å². The number of carbonyl (C=O) groups is 1. The Bertz CT molecular complexity index is 808. The number of nitro groups is 1. The number of ether oxygens (including phenoxy) is 3. The summed E-state index contributed by atoms with van der Waals surface area (Å²) >= 11 is 5.88. The molecule has 2 aromatic carbocycles. The molecule has 0 aromatic heterocycles. The first-order valence-corrected chi connectivity index (χ1v) is 7.66. The minimum Gasteiger partial charge on any atom is -0.493 e. The summed E-state index contributed by atoms with van der Waals surface area (Å²) in [4.78, 5) is 22.5. The summed E-state index contributed by atoms with van der Waals surface area (Å²) in [5.41, 5.74) is 0.547. The molecular weight excluding hydrogens is 350 g/mol. The van der Waals surface area contributed by atoms with E-state index in [2.05, 4.69) is 0 Å². The first-order valence-electron chi connectivity index (χ1n) is 7.28. The summed E-state index contributed by atoms with van der Waals surface area (Å²) in [6, 6.07) is 8.74. The predicted molar refractivity (Wildman–Crippen MR) is 91.6 cm³/mol. The maximum atomic E-state index is 12.2. The first-order chi connectivity index (χ1) is 11.8. The lowest BCUT2D eigenvalue weighted by Gasteiger charge is -2.16. The van der Waals surface area contributed by atoms with Crippen LogP contribution in [0, 0.1) is 17.0 Å². The Morgan fingerprint density at radius 1 is 1.16 bits per heavy atom. The fraction of sp³-hybridized carbons (Fsp3) is 0.235. The van der Waals surface area contributed by atoms with Crippen LogP contribution in [-0.4, -0.2) is 24.1 Å². The molecule has 2 rings (SSSR count). The SMILES string of the molecule is COc1ccc([N+](=O)[O-])cc1OC(=O)C(C)Oc1ccc(Cl)cc1C. The highest BCUT2D eigenvalue weighted by atomic mass is 35.5. The molecule has 1 unspecified atom stereocenters. The van der Waals surface area contributed by atoms with Gasteiger partial charge in [-0.25, -0.2) is 4.79 Å². The second kappa shape index (κ2) is 7.85. The highest BCUT2D eigenvalue weighted by Gasteiger charge is 2.21. The van der Waals surface area contributed by atoms with Gasteiger partial charge in [0, 0.05) is 11.1 Å². The third-order valence-corrected chi connectivity index (χ3v) is 3.58. The van der Waals surface area contributed by atoms with Crippen molar-refractivity contribution in [3.05, 3.63) is 57.1 Å². The Morgan fingerprint density at radius 2 is 1.84 bits per heavy atom. The number of hydrogen-bond donors (Lipinski definition) is 0. The zero-order valence-corrected chi connectivity index (χ0v) is 14.6. The number of carbonyl (C=O) groups excluding carboxylic acids is 1. The molecular formula is C17H16ClNO6. The van der Waals surface area contributed by atoms with E-state index < -0.39 is 17.0 Å². The summed E-state index contributed by atoms with van der Waals surface area (Å²) in [6.45, 7) is 3.31. The van der Waals surface area contributed by atoms with Gasteiger partial charge < -0.3 is 14.2 Å². The van der Waals surface area contributed by atoms with E-state index in [0.29, 0.717) is 10.8 Å². The third-order valence-electron chi connectivity index (χ3n) is 3.34. The van der Waals surface area contributed by atoms with Crippen molar-refractivity contribution in [3.63, 3.8) is 0 Å². The molecule has 0 aliphatic carbocycles. The second-order valence-electron chi connectivity index (χ2n) is 5.18. The molecule has 25 heavy (non-hydrogen) atoms. The van der Waals surface area contributed by atoms with Crippen LogP contribution in [0.1, 0.15) is 12.5 Å². The van der Waals surface area contributed by atoms with E-state index in [9.17, 15) is 14.9 Å². The minimum atomic E-state index is -0.941. The second-order valence-corrected chi connectivity index (χ2v) is 5.62. The number of halogens is 1. The number of non-ortho nitro benzene ring substituents is 1. The van der Waals surface area contributed by atoms with Gasteiger partial charge in [-0.15, -0.1) is 0 Å². The monoisotopic (exact) mass is 365 g/mol. The van der Waals surface area contributed by atoms with E-state index in [0.717, 1.165) is 11.6 Å². The number of nitrogens with zero attached hydrogens (tertiary/aromatic N) is 1. The van der Waals surface area contributed by atoms with Crippen molar-refractivity contribution < 1.29 is 23.9 Å². The number of nitro benzene ring substituents is 1. The van der Waals surface area contributed by atoms with Crippen LogP contribution < -0.4 is 14.2 Å². The molecule has 7 nitrogen and oxygen atoms in total. The molecule has 1 atom stereocenters. The maximum absolute atomic E-state index is 12.2. The van der Waals surface area contributed by atoms with Gasteiger partial charge in [0.2, 0.25) is 0 Å². The normalized spacial score (nSPS) is 11.5. The molecule has 2 aromatic rings. The molecule has 0 aliphatic heterocycles. The Hall–Kier alpha value is -2.80. The highest BCUT2D eigenvalue weighted by molar-refractivity contribution is 6.30. The quantitative estimate of drug-likeness (QED) is 0.333. The van der Waals surface area contributed by atoms with Crippen molar-refractivity contribution in [1.29, 1.82) is 0 Å². The van der Waals surface area contributed by atoms with Crippen LogP contribution >= 0.6 is 11.6 Å². The van der Waals surface area contributed by atoms with E-state index in [-0.39, 0.29) is 17.2 Å². The molecule has 0 saturated heterocycles. The van der Waals surface area contributed by atoms with E-state index in [1.165, 1.54) is 26.2 Å². The molecule has 0 heterocycles. The standard InChI is InChI=1S/C17H16ClNO6/c1-10-8-12(18)4-6-14(10)24-11(2)17(20)25-16-9-13(19(21)22)5-7-15(16)23-3/h4-9,11H,1-3H3. The van der Waals surface area contributed by atoms with Gasteiger partial charge in [-0.05, 0) is 43.7 Å². The van der Waals surface area contributed by atoms with Gasteiger partial charge in [-0.3, -0.25) is 10.1 Å². The predicted octanol–water partition coefficient (Wildman–Crippen LogP) is 3.94. The van der Waals surface area contributed by atoms with Crippen molar-refractivity contribution in [2.75, 3.05) is 7.11 Å². The lowest BCUT2D eigenvalue weighted by Crippen LogP contribution is -2.28. The number of rotatable bonds is 6. The summed E-state index contributed by atoms with van der Waals surface area (Å²) in [5, 5.41) is 11.4. The third kappa shape index (κ3) is 4.60. The van der Waals surface area contributed by atoms with Crippen LogP contribution in [0.25, 0.3) is 0 Å². The Balaban J connectivity index is 2.15. The van der Waals surface area contributed by atoms with Crippen LogP contribution in [-0.2, 0) is 4.79 Å². The summed E-state index contributed by atoms with van der Waals surface area (Å²) < 4.78 is 15.8. The largest absolute Gasteiger partial charge is 0.493 e. The van der Waals surface area contributed by atoms with Gasteiger partial charge in [-0.2, -0.15) is 0 Å². The zero-order chi connectivity index (χ0) is 18.6. The van der Waals surface area contributed by atoms with Gasteiger partial charge in [0.1, 0.15) is 5.75 Å². The van der Waals surface area contributed by atoms with Gasteiger partial charge in [0.05, 0.1) is 18.1 Å². The fourth-order valence-corrected chi connectivity index (χ4v) is 2.26. The van der Waals surface area contributed by atoms with Crippen LogP contribution in [0.2, 0.25) is 5.02 Å². The van der Waals surface area contributed by atoms with Crippen LogP contribution in [0.3, 0.4) is 0 Å². The van der Waals surface area contributed by atoms with Crippen LogP contribution in [0.4, 0.5) is 5.69 Å². The van der Waals surface area contributed by atoms with E-state index in [4.69, 9.17) is 25.8 Å². The van der Waals surface area contributed by atoms with Gasteiger partial charge in [0.25, 0.3) is 5.69 Å². The Morgan fingerprint density at radius 3 is 2.44 bits per heavy atom. The highest BCUT2D eigenvalue weighted by Crippen LogP contribution is 2.31. The van der Waals surface area contributed by atoms with Gasteiger partial charge in [0.15, 0.2) is 17.6 Å². The van der Waals surface area contributed by atoms with Crippen molar-refractivity contribution in [2.45, 2.75) is 20.0 Å². The van der Waals surface area contributed by atoms with E-state index >= 15 is 0 Å². The smallest absolute Gasteiger partial charge is 0.352 e. The average Bonchev–Trinajstić information content (AvgIpc) is 2.57.